The van der Waals surface area contributed by atoms with Crippen LogP contribution in [0.25, 0.3) is 6.08 Å². The Balaban J connectivity index is 1.37. The Labute approximate surface area is 235 Å². The molecule has 40 heavy (non-hydrogen) atoms. The number of halogens is 1. The van der Waals surface area contributed by atoms with Crippen LogP contribution in [-0.4, -0.2) is 24.0 Å². The maximum atomic E-state index is 13.5. The first-order chi connectivity index (χ1) is 19.4. The van der Waals surface area contributed by atoms with Crippen molar-refractivity contribution in [1.82, 2.24) is 5.32 Å². The number of amides is 2. The van der Waals surface area contributed by atoms with Gasteiger partial charge in [0.25, 0.3) is 11.8 Å². The molecule has 7 nitrogen and oxygen atoms in total. The second-order valence-corrected chi connectivity index (χ2v) is 9.07. The summed E-state index contributed by atoms with van der Waals surface area (Å²) < 4.78 is 30.2. The molecule has 0 radical (unpaired) electrons. The van der Waals surface area contributed by atoms with Gasteiger partial charge >= 0.3 is 0 Å². The zero-order valence-corrected chi connectivity index (χ0v) is 22.1. The van der Waals surface area contributed by atoms with Crippen LogP contribution < -0.4 is 24.4 Å². The van der Waals surface area contributed by atoms with E-state index in [-0.39, 0.29) is 23.1 Å². The first kappa shape index (κ1) is 26.6. The summed E-state index contributed by atoms with van der Waals surface area (Å²) in [6.07, 6.45) is 1.49. The first-order valence-corrected chi connectivity index (χ1v) is 12.6. The van der Waals surface area contributed by atoms with E-state index in [9.17, 15) is 14.0 Å². The van der Waals surface area contributed by atoms with Crippen molar-refractivity contribution >= 4 is 40.9 Å². The zero-order valence-electron chi connectivity index (χ0n) is 21.3. The number of hydrogen-bond donors (Lipinski definition) is 1. The Hall–Kier alpha value is -5.02. The molecule has 0 unspecified atom stereocenters. The molecule has 1 N–H and O–H groups in total. The molecule has 4 aromatic rings. The Morgan fingerprint density at radius 1 is 0.875 bits per heavy atom. The van der Waals surface area contributed by atoms with E-state index in [1.165, 1.54) is 42.4 Å². The standard InChI is InChI=1S/C31H23FN2O5S/c1-37-28-16-7-20(17-21(28)19-38-24-12-8-22(32)9-13-24)18-27-29(35)33-31(40)34(30(27)36)23-10-14-26(15-11-23)39-25-5-3-2-4-6-25/h2-18H,19H2,1H3,(H,33,35,40). The minimum absolute atomic E-state index is 0.0213. The van der Waals surface area contributed by atoms with Crippen LogP contribution in [0.2, 0.25) is 0 Å². The highest BCUT2D eigenvalue weighted by Gasteiger charge is 2.34. The van der Waals surface area contributed by atoms with Crippen LogP contribution in [0.15, 0.2) is 103 Å². The average Bonchev–Trinajstić information content (AvgIpc) is 2.96. The van der Waals surface area contributed by atoms with Crippen LogP contribution in [0.3, 0.4) is 0 Å². The number of rotatable bonds is 8. The number of nitrogens with zero attached hydrogens (tertiary/aromatic N) is 1. The Kier molecular flexibility index (Phi) is 7.84. The second kappa shape index (κ2) is 11.8. The molecule has 0 atom stereocenters. The molecule has 200 valence electrons. The molecule has 0 bridgehead atoms. The quantitative estimate of drug-likeness (QED) is 0.163. The molecule has 1 aliphatic rings. The lowest BCUT2D eigenvalue weighted by Gasteiger charge is -2.29. The lowest BCUT2D eigenvalue weighted by molar-refractivity contribution is -0.122. The largest absolute Gasteiger partial charge is 0.496 e. The number of benzene rings is 4. The van der Waals surface area contributed by atoms with Gasteiger partial charge in [0.2, 0.25) is 0 Å². The van der Waals surface area contributed by atoms with Gasteiger partial charge in [-0.05, 0) is 96.7 Å². The fraction of sp³-hybridized carbons (Fsp3) is 0.0645. The number of methoxy groups -OCH3 is 1. The summed E-state index contributed by atoms with van der Waals surface area (Å²) in [5.41, 5.74) is 1.64. The summed E-state index contributed by atoms with van der Waals surface area (Å²) in [4.78, 5) is 27.5. The van der Waals surface area contributed by atoms with Crippen molar-refractivity contribution in [3.63, 3.8) is 0 Å². The van der Waals surface area contributed by atoms with Gasteiger partial charge in [0.1, 0.15) is 41.0 Å². The van der Waals surface area contributed by atoms with Gasteiger partial charge in [-0.1, -0.05) is 24.3 Å². The minimum atomic E-state index is -0.602. The molecule has 1 aliphatic heterocycles. The molecule has 0 spiro atoms. The summed E-state index contributed by atoms with van der Waals surface area (Å²) in [6, 6.07) is 27.0. The van der Waals surface area contributed by atoms with Crippen molar-refractivity contribution in [3.8, 4) is 23.0 Å². The van der Waals surface area contributed by atoms with E-state index in [1.807, 2.05) is 30.3 Å². The van der Waals surface area contributed by atoms with Crippen LogP contribution in [0, 0.1) is 5.82 Å². The molecule has 2 amide bonds. The van der Waals surface area contributed by atoms with Gasteiger partial charge in [0, 0.05) is 5.56 Å². The van der Waals surface area contributed by atoms with E-state index in [0.717, 1.165) is 0 Å². The molecule has 1 fully saturated rings. The Morgan fingerprint density at radius 2 is 1.55 bits per heavy atom. The number of nitrogens with one attached hydrogen (secondary N) is 1. The highest BCUT2D eigenvalue weighted by atomic mass is 32.1. The van der Waals surface area contributed by atoms with Crippen LogP contribution in [-0.2, 0) is 16.2 Å². The molecular weight excluding hydrogens is 531 g/mol. The van der Waals surface area contributed by atoms with Crippen LogP contribution in [0.1, 0.15) is 11.1 Å². The third-order valence-corrected chi connectivity index (χ3v) is 6.28. The average molecular weight is 555 g/mol. The van der Waals surface area contributed by atoms with Crippen molar-refractivity contribution in [3.05, 3.63) is 120 Å². The van der Waals surface area contributed by atoms with Gasteiger partial charge in [-0.25, -0.2) is 4.39 Å². The first-order valence-electron chi connectivity index (χ1n) is 12.2. The Bertz CT molecular complexity index is 1590. The van der Waals surface area contributed by atoms with Crippen molar-refractivity contribution in [2.24, 2.45) is 0 Å². The lowest BCUT2D eigenvalue weighted by atomic mass is 10.0. The normalized spacial score (nSPS) is 14.2. The van der Waals surface area contributed by atoms with E-state index in [1.54, 1.807) is 42.5 Å². The zero-order chi connectivity index (χ0) is 28.1. The summed E-state index contributed by atoms with van der Waals surface area (Å²) in [5.74, 6) is 0.778. The van der Waals surface area contributed by atoms with Crippen molar-refractivity contribution in [2.75, 3.05) is 12.0 Å². The van der Waals surface area contributed by atoms with Gasteiger partial charge < -0.3 is 14.2 Å². The van der Waals surface area contributed by atoms with Crippen LogP contribution >= 0.6 is 12.2 Å². The fourth-order valence-corrected chi connectivity index (χ4v) is 4.32. The van der Waals surface area contributed by atoms with E-state index >= 15 is 0 Å². The lowest BCUT2D eigenvalue weighted by Crippen LogP contribution is -2.54. The molecule has 9 heteroatoms. The van der Waals surface area contributed by atoms with E-state index in [4.69, 9.17) is 26.4 Å². The maximum absolute atomic E-state index is 13.5. The monoisotopic (exact) mass is 554 g/mol. The molecule has 1 heterocycles. The van der Waals surface area contributed by atoms with E-state index in [2.05, 4.69) is 5.32 Å². The van der Waals surface area contributed by atoms with E-state index in [0.29, 0.717) is 39.8 Å². The summed E-state index contributed by atoms with van der Waals surface area (Å²) >= 11 is 5.32. The van der Waals surface area contributed by atoms with Gasteiger partial charge in [0.05, 0.1) is 12.8 Å². The van der Waals surface area contributed by atoms with Gasteiger partial charge in [0.15, 0.2) is 5.11 Å². The van der Waals surface area contributed by atoms with Crippen molar-refractivity contribution < 1.29 is 28.2 Å². The SMILES string of the molecule is COc1ccc(C=C2C(=O)NC(=S)N(c3ccc(Oc4ccccc4)cc3)C2=O)cc1COc1ccc(F)cc1. The highest BCUT2D eigenvalue weighted by Crippen LogP contribution is 2.28. The third kappa shape index (κ3) is 6.00. The maximum Gasteiger partial charge on any atom is 0.270 e. The molecular formula is C31H23FN2O5S. The molecule has 5 rings (SSSR count). The molecule has 0 aromatic heterocycles. The summed E-state index contributed by atoms with van der Waals surface area (Å²) in [6.45, 7) is 0.125. The number of carbonyl (C=O) groups excluding carboxylic acids is 2. The molecule has 4 aromatic carbocycles. The number of anilines is 1. The predicted octanol–water partition coefficient (Wildman–Crippen LogP) is 6.04. The van der Waals surface area contributed by atoms with Crippen molar-refractivity contribution in [2.45, 2.75) is 6.61 Å². The number of para-hydroxylation sites is 1. The minimum Gasteiger partial charge on any atom is -0.496 e. The van der Waals surface area contributed by atoms with Crippen molar-refractivity contribution in [1.29, 1.82) is 0 Å². The smallest absolute Gasteiger partial charge is 0.270 e. The fourth-order valence-electron chi connectivity index (χ4n) is 4.04. The van der Waals surface area contributed by atoms with Crippen LogP contribution in [0.4, 0.5) is 10.1 Å². The topological polar surface area (TPSA) is 77.1 Å². The number of thiocarbonyl (C=S) groups is 1. The van der Waals surface area contributed by atoms with E-state index < -0.39 is 11.8 Å². The van der Waals surface area contributed by atoms with Gasteiger partial charge in [-0.2, -0.15) is 0 Å². The summed E-state index contributed by atoms with van der Waals surface area (Å²) in [7, 11) is 1.53. The predicted molar refractivity (Wildman–Crippen MR) is 153 cm³/mol. The second-order valence-electron chi connectivity index (χ2n) is 8.68. The third-order valence-electron chi connectivity index (χ3n) is 6.00. The molecule has 1 saturated heterocycles. The van der Waals surface area contributed by atoms with Gasteiger partial charge in [-0.3, -0.25) is 19.8 Å². The summed E-state index contributed by atoms with van der Waals surface area (Å²) in [5, 5.41) is 2.57. The molecule has 0 aliphatic carbocycles. The Morgan fingerprint density at radius 3 is 2.25 bits per heavy atom. The number of ether oxygens (including phenoxy) is 3. The highest BCUT2D eigenvalue weighted by molar-refractivity contribution is 7.80. The number of carbonyl (C=O) groups is 2. The van der Waals surface area contributed by atoms with Gasteiger partial charge in [-0.15, -0.1) is 0 Å². The molecule has 0 saturated carbocycles. The number of hydrogen-bond acceptors (Lipinski definition) is 6. The van der Waals surface area contributed by atoms with Crippen LogP contribution in [0.5, 0.6) is 23.0 Å².